The van der Waals surface area contributed by atoms with Gasteiger partial charge in [-0.2, -0.15) is 0 Å². The maximum atomic E-state index is 15.7. The first-order valence-electron chi connectivity index (χ1n) is 47.3. The van der Waals surface area contributed by atoms with Gasteiger partial charge >= 0.3 is 11.9 Å². The number of aromatic amines is 1. The highest BCUT2D eigenvalue weighted by molar-refractivity contribution is 6.41. The number of aliphatic hydroxyl groups is 1. The zero-order chi connectivity index (χ0) is 99.7. The largest absolute Gasteiger partial charge is 0.508 e. The molecule has 0 bridgehead atoms. The highest BCUT2D eigenvalue weighted by atomic mass is 16.6. The number of aliphatic hydroxyl groups excluding tert-OH is 1. The maximum absolute atomic E-state index is 15.7. The Balaban J connectivity index is 0.878. The molecular weight excluding hydrogens is 1770 g/mol. The van der Waals surface area contributed by atoms with Gasteiger partial charge in [-0.1, -0.05) is 123 Å². The van der Waals surface area contributed by atoms with Gasteiger partial charge in [0.25, 0.3) is 0 Å². The van der Waals surface area contributed by atoms with Crippen molar-refractivity contribution in [3.05, 3.63) is 196 Å². The number of phenolic OH excluding ortho intramolecular Hbond substituents is 3. The number of unbranched alkanes of at least 4 members (excludes halogenated alkanes) is 1. The molecule has 1 aliphatic carbocycles. The van der Waals surface area contributed by atoms with Crippen LogP contribution in [0.25, 0.3) is 10.9 Å². The number of hydrogen-bond acceptors (Lipinski definition) is 23. The minimum Gasteiger partial charge on any atom is -0.508 e. The van der Waals surface area contributed by atoms with E-state index in [9.17, 15) is 73.5 Å². The van der Waals surface area contributed by atoms with Gasteiger partial charge in [-0.15, -0.1) is 0 Å². The number of primary amides is 2. The molecule has 0 radical (unpaired) electrons. The van der Waals surface area contributed by atoms with Gasteiger partial charge in [0.05, 0.1) is 36.2 Å². The number of aromatic nitrogens is 1. The number of aromatic hydroxyl groups is 3. The Kier molecular flexibility index (Phi) is 36.5. The topological polar surface area (TPSA) is 569 Å². The number of H-pyrrole nitrogens is 1. The van der Waals surface area contributed by atoms with Crippen LogP contribution in [0.5, 0.6) is 28.7 Å². The van der Waals surface area contributed by atoms with Crippen LogP contribution in [0.15, 0.2) is 152 Å². The van der Waals surface area contributed by atoms with Crippen LogP contribution in [-0.2, 0) is 108 Å². The monoisotopic (exact) mass is 1900 g/mol. The molecule has 19 N–H and O–H groups in total. The second kappa shape index (κ2) is 48.2. The molecule has 4 heterocycles. The molecule has 4 aliphatic rings. The third-order valence-corrected chi connectivity index (χ3v) is 26.5. The Labute approximate surface area is 799 Å². The van der Waals surface area contributed by atoms with E-state index < -0.39 is 197 Å². The molecule has 1 fully saturated rings. The number of phenols is 3. The number of allylic oxidation sites excluding steroid dienone is 2. The van der Waals surface area contributed by atoms with Gasteiger partial charge in [-0.3, -0.25) is 71.9 Å². The fourth-order valence-electron chi connectivity index (χ4n) is 18.1. The van der Waals surface area contributed by atoms with Crippen LogP contribution >= 0.6 is 0 Å². The fourth-order valence-corrected chi connectivity index (χ4v) is 18.1. The zero-order valence-corrected chi connectivity index (χ0v) is 78.3. The van der Waals surface area contributed by atoms with Crippen molar-refractivity contribution in [3.63, 3.8) is 0 Å². The number of carbonyl (C=O) groups is 16. The fraction of sp³-hybridized carbons (Fsp3) is 0.456. The summed E-state index contributed by atoms with van der Waals surface area (Å²) in [6.07, 6.45) is 8.48. The lowest BCUT2D eigenvalue weighted by Gasteiger charge is -2.36. The number of ketones is 4. The summed E-state index contributed by atoms with van der Waals surface area (Å²) in [5.41, 5.74) is 10.4. The maximum Gasteiger partial charge on any atom is 0.340 e. The van der Waals surface area contributed by atoms with Crippen molar-refractivity contribution in [2.45, 2.75) is 261 Å². The Hall–Kier alpha value is -14.0. The second-order valence-corrected chi connectivity index (χ2v) is 37.3. The number of benzene rings is 6. The van der Waals surface area contributed by atoms with Crippen LogP contribution in [-0.4, -0.2) is 191 Å². The van der Waals surface area contributed by atoms with Gasteiger partial charge in [-0.25, -0.2) is 4.79 Å². The molecule has 3 unspecified atom stereocenters. The summed E-state index contributed by atoms with van der Waals surface area (Å²) in [7, 11) is 0. The minimum atomic E-state index is -1.92. The van der Waals surface area contributed by atoms with Crippen LogP contribution in [0, 0.1) is 23.7 Å². The highest BCUT2D eigenvalue weighted by Gasteiger charge is 2.54. The number of rotatable bonds is 31. The van der Waals surface area contributed by atoms with E-state index in [1.54, 1.807) is 85.1 Å². The molecule has 1 aromatic heterocycles. The standard InChI is InChI=1S/C103H126N12O23/c1-59-89(125)90(126)80(41-43-87(104)122)107-57-69(48-63-26-22-27-63)95(131)115-102(5,100(136)113-83(58-116)97(133)110-61(3)92(128)109-60(2)91(105)127)46-21-12-10-8-6-7-9-11-20-45-101(4,99(135)112-81(42-44-88(123)124)96(132)111-82(50-65-31-34-70(117)35-32-65)84(121)53-67(93(129)108-59)51-68-56-106-79-30-19-18-29-74(68)79)114-94(130)66(47-62-23-14-13-15-24-62)52-71(118)28-17-16-25-64-33-38-76-75(49-64)98(134)138-103(76)77-39-36-72(119)54-85(77)137-86-55-73(120)37-40-78(86)103/h8,10,13-15,18-19,23-24,29-40,49,54-56,59-61,63,66-67,69,80-83,106-107,116-117,119-120H,6-7,9,11-12,16-17,20-22,25-28,41-48,50-53,57-58H2,1-5H3,(H2,104,122)(H2,105,127)(H,108,129)(H,109,128)(H,110,133)(H,111,132)(H,112,135)(H,113,136)(H,114,130)(H,115,131)(H,123,124)/b10-8+/t59?,60?,61-,66+,67+,69+,80-,81-,82-,83?,101+,102-/m0/s1. The van der Waals surface area contributed by atoms with Crippen LogP contribution in [0.2, 0.25) is 0 Å². The number of aryl methyl sites for hydroxylation is 1. The van der Waals surface area contributed by atoms with E-state index >= 15 is 28.8 Å². The summed E-state index contributed by atoms with van der Waals surface area (Å²) in [5.74, 6) is -17.5. The van der Waals surface area contributed by atoms with Crippen LogP contribution in [0.4, 0.5) is 0 Å². The Morgan fingerprint density at radius 3 is 1.90 bits per heavy atom. The van der Waals surface area contributed by atoms with Gasteiger partial charge in [0.15, 0.2) is 11.4 Å². The lowest BCUT2D eigenvalue weighted by Crippen LogP contribution is -2.63. The molecule has 35 heteroatoms. The third kappa shape index (κ3) is 27.7. The van der Waals surface area contributed by atoms with Crippen LogP contribution < -0.4 is 64.1 Å². The van der Waals surface area contributed by atoms with Crippen molar-refractivity contribution < 1.29 is 112 Å². The quantitative estimate of drug-likeness (QED) is 0.00854. The molecule has 6 aromatic carbocycles. The molecular formula is C103H126N12O23. The van der Waals surface area contributed by atoms with Crippen LogP contribution in [0.3, 0.4) is 0 Å². The van der Waals surface area contributed by atoms with Gasteiger partial charge < -0.3 is 99.3 Å². The summed E-state index contributed by atoms with van der Waals surface area (Å²) in [6.45, 7) is 5.46. The number of Topliss-reactive ketones (excluding diaryl/α,β-unsaturated/α-hetero) is 4. The number of ether oxygens (including phenoxy) is 2. The number of hydrogen-bond donors (Lipinski definition) is 17. The normalized spacial score (nSPS) is 22.3. The predicted molar refractivity (Wildman–Crippen MR) is 507 cm³/mol. The Morgan fingerprint density at radius 2 is 1.23 bits per heavy atom. The number of carboxylic acids is 1. The van der Waals surface area contributed by atoms with Crippen molar-refractivity contribution >= 4 is 105 Å². The average Bonchev–Trinajstić information content (AvgIpc) is 1.52. The second-order valence-electron chi connectivity index (χ2n) is 37.3. The molecule has 138 heavy (non-hydrogen) atoms. The molecule has 1 saturated carbocycles. The SMILES string of the molecule is CC(NC(=O)[C@H](C)NC(=O)C(CO)NC(=O)[C@]1(C)CCC/C=C/CCCCCC[C@@](C)(NC(=O)[C@@H](CC(=O)CCCCc2ccc3c(c2)C(=O)OC32c3ccc(O)cc3Oc3cc(O)ccc32)Cc2ccccc2)C(=O)N[C@@H](CCC(=O)O)C(=O)N[C@@H](Cc2ccc(O)cc2)C(=O)C[C@@H](Cc2c[nH]c3ccccc23)C(=O)NC(C)C(=O)C(=O)[C@H](CCC(N)=O)NC[C@@H](CC2CCC2)C(=O)N1)C(N)=O. The van der Waals surface area contributed by atoms with Crippen LogP contribution in [0.1, 0.15) is 225 Å². The van der Waals surface area contributed by atoms with E-state index in [0.717, 1.165) is 24.8 Å². The Bertz CT molecular complexity index is 5630. The molecule has 0 saturated heterocycles. The van der Waals surface area contributed by atoms with Crippen molar-refractivity contribution in [1.82, 2.24) is 52.8 Å². The molecule has 12 atom stereocenters. The lowest BCUT2D eigenvalue weighted by molar-refractivity contribution is -0.141. The molecule has 10 amide bonds. The van der Waals surface area contributed by atoms with E-state index in [1.807, 2.05) is 18.2 Å². The molecule has 3 aliphatic heterocycles. The summed E-state index contributed by atoms with van der Waals surface area (Å²) in [4.78, 5) is 232. The number of aliphatic carboxylic acids is 1. The first-order chi connectivity index (χ1) is 65.8. The number of carbonyl (C=O) groups excluding carboxylic acids is 15. The van der Waals surface area contributed by atoms with Crippen molar-refractivity contribution in [3.8, 4) is 28.7 Å². The molecule has 7 aromatic rings. The number of nitrogens with two attached hydrogens (primary N) is 2. The minimum absolute atomic E-state index is 0.00690. The number of amides is 10. The average molecular weight is 1900 g/mol. The van der Waals surface area contributed by atoms with Gasteiger partial charge in [0.1, 0.15) is 69.8 Å². The number of esters is 1. The number of nitrogens with one attached hydrogen (secondary N) is 10. The number of carboxylic acid groups (broad SMARTS) is 1. The summed E-state index contributed by atoms with van der Waals surface area (Å²) < 4.78 is 12.4. The first-order valence-corrected chi connectivity index (χ1v) is 47.3. The van der Waals surface area contributed by atoms with Crippen molar-refractivity contribution in [1.29, 1.82) is 0 Å². The molecule has 35 nitrogen and oxygen atoms in total. The molecule has 736 valence electrons. The number of para-hydroxylation sites is 1. The molecule has 1 spiro atoms. The smallest absolute Gasteiger partial charge is 0.340 e. The van der Waals surface area contributed by atoms with Gasteiger partial charge in [0, 0.05) is 96.4 Å². The lowest BCUT2D eigenvalue weighted by atomic mass is 9.77. The summed E-state index contributed by atoms with van der Waals surface area (Å²) in [6, 6.07) is 25.3. The summed E-state index contributed by atoms with van der Waals surface area (Å²) in [5, 5.41) is 77.3. The van der Waals surface area contributed by atoms with E-state index in [0.29, 0.717) is 95.7 Å². The number of fused-ring (bicyclic) bond motifs is 7. The molecule has 11 rings (SSSR count). The highest BCUT2D eigenvalue weighted by Crippen LogP contribution is 2.57. The van der Waals surface area contributed by atoms with Gasteiger partial charge in [0.2, 0.25) is 70.6 Å². The van der Waals surface area contributed by atoms with Gasteiger partial charge in [-0.05, 0) is 208 Å². The zero-order valence-electron chi connectivity index (χ0n) is 78.3. The Morgan fingerprint density at radius 1 is 0.587 bits per heavy atom. The van der Waals surface area contributed by atoms with E-state index in [4.69, 9.17) is 20.9 Å². The third-order valence-electron chi connectivity index (χ3n) is 26.5. The van der Waals surface area contributed by atoms with E-state index in [1.165, 1.54) is 83.1 Å². The summed E-state index contributed by atoms with van der Waals surface area (Å²) >= 11 is 0. The predicted octanol–water partition coefficient (Wildman–Crippen LogP) is 7.75. The van der Waals surface area contributed by atoms with E-state index in [2.05, 4.69) is 52.8 Å². The van der Waals surface area contributed by atoms with Crippen molar-refractivity contribution in [2.75, 3.05) is 13.2 Å². The van der Waals surface area contributed by atoms with Crippen molar-refractivity contribution in [2.24, 2.45) is 35.1 Å². The van der Waals surface area contributed by atoms with E-state index in [-0.39, 0.29) is 123 Å². The first kappa shape index (κ1) is 105.